The van der Waals surface area contributed by atoms with E-state index in [4.69, 9.17) is 5.73 Å². The third kappa shape index (κ3) is 2.01. The number of rotatable bonds is 2. The summed E-state index contributed by atoms with van der Waals surface area (Å²) in [5, 5.41) is 0. The fourth-order valence-electron chi connectivity index (χ4n) is 2.40. The van der Waals surface area contributed by atoms with Gasteiger partial charge in [0.05, 0.1) is 0 Å². The summed E-state index contributed by atoms with van der Waals surface area (Å²) in [6, 6.07) is 5.45. The van der Waals surface area contributed by atoms with Crippen LogP contribution in [0.3, 0.4) is 0 Å². The summed E-state index contributed by atoms with van der Waals surface area (Å²) in [7, 11) is 0. The molecule has 1 aromatic rings. The molecule has 0 atom stereocenters. The molecule has 0 radical (unpaired) electrons. The Morgan fingerprint density at radius 1 is 1.38 bits per heavy atom. The van der Waals surface area contributed by atoms with Gasteiger partial charge in [-0.1, -0.05) is 19.8 Å². The van der Waals surface area contributed by atoms with E-state index in [2.05, 4.69) is 22.9 Å². The number of hydrogen-bond acceptors (Lipinski definition) is 2. The maximum Gasteiger partial charge on any atom is 0.168 e. The molecule has 1 aliphatic rings. The van der Waals surface area contributed by atoms with Crippen LogP contribution in [-0.2, 0) is 0 Å². The molecule has 16 heavy (non-hydrogen) atoms. The molecular weight excluding hydrogens is 266 g/mol. The van der Waals surface area contributed by atoms with Gasteiger partial charge in [-0.15, -0.1) is 0 Å². The van der Waals surface area contributed by atoms with Crippen LogP contribution >= 0.6 is 15.9 Å². The molecule has 1 aliphatic carbocycles. The molecule has 0 spiro atoms. The Morgan fingerprint density at radius 2 is 2.00 bits per heavy atom. The monoisotopic (exact) mass is 281 g/mol. The van der Waals surface area contributed by atoms with Gasteiger partial charge in [0.15, 0.2) is 5.78 Å². The lowest BCUT2D eigenvalue weighted by molar-refractivity contribution is 0.0823. The zero-order valence-electron chi connectivity index (χ0n) is 9.42. The Morgan fingerprint density at radius 3 is 2.56 bits per heavy atom. The van der Waals surface area contributed by atoms with Crippen LogP contribution in [0.5, 0.6) is 0 Å². The van der Waals surface area contributed by atoms with Gasteiger partial charge < -0.3 is 5.73 Å². The highest BCUT2D eigenvalue weighted by molar-refractivity contribution is 9.10. The number of nitrogen functional groups attached to an aromatic ring is 1. The van der Waals surface area contributed by atoms with E-state index in [-0.39, 0.29) is 11.2 Å². The van der Waals surface area contributed by atoms with Gasteiger partial charge in [0, 0.05) is 21.1 Å². The fraction of sp³-hybridized carbons (Fsp3) is 0.462. The molecule has 2 rings (SSSR count). The summed E-state index contributed by atoms with van der Waals surface area (Å²) in [5.74, 6) is 0.255. The van der Waals surface area contributed by atoms with Crippen molar-refractivity contribution in [2.75, 3.05) is 5.73 Å². The van der Waals surface area contributed by atoms with Gasteiger partial charge >= 0.3 is 0 Å². The summed E-state index contributed by atoms with van der Waals surface area (Å²) in [5.41, 5.74) is 7.00. The van der Waals surface area contributed by atoms with E-state index < -0.39 is 0 Å². The maximum atomic E-state index is 12.4. The molecule has 1 fully saturated rings. The predicted molar refractivity (Wildman–Crippen MR) is 69.5 cm³/mol. The van der Waals surface area contributed by atoms with Crippen molar-refractivity contribution >= 4 is 27.4 Å². The molecule has 2 N–H and O–H groups in total. The molecule has 0 aromatic heterocycles. The Kier molecular flexibility index (Phi) is 3.06. The molecule has 0 heterocycles. The van der Waals surface area contributed by atoms with Crippen molar-refractivity contribution in [3.63, 3.8) is 0 Å². The van der Waals surface area contributed by atoms with Gasteiger partial charge in [-0.2, -0.15) is 0 Å². The standard InChI is InChI=1S/C13H16BrNO/c1-13(6-2-3-7-13)12(16)9-4-5-11(15)10(14)8-9/h4-5,8H,2-3,6-7,15H2,1H3. The summed E-state index contributed by atoms with van der Waals surface area (Å²) >= 11 is 3.36. The molecule has 2 nitrogen and oxygen atoms in total. The molecular formula is C13H16BrNO. The normalized spacial score (nSPS) is 18.6. The topological polar surface area (TPSA) is 43.1 Å². The van der Waals surface area contributed by atoms with Crippen LogP contribution in [-0.4, -0.2) is 5.78 Å². The van der Waals surface area contributed by atoms with Crippen LogP contribution in [0.2, 0.25) is 0 Å². The van der Waals surface area contributed by atoms with Gasteiger partial charge in [-0.25, -0.2) is 0 Å². The SMILES string of the molecule is CC1(C(=O)c2ccc(N)c(Br)c2)CCCC1. The van der Waals surface area contributed by atoms with Crippen LogP contribution in [0.4, 0.5) is 5.69 Å². The first kappa shape index (κ1) is 11.6. The average Bonchev–Trinajstić information content (AvgIpc) is 2.70. The fourth-order valence-corrected chi connectivity index (χ4v) is 2.78. The molecule has 1 saturated carbocycles. The number of anilines is 1. The Hall–Kier alpha value is -0.830. The number of hydrogen-bond donors (Lipinski definition) is 1. The lowest BCUT2D eigenvalue weighted by Crippen LogP contribution is -2.24. The van der Waals surface area contributed by atoms with Crippen molar-refractivity contribution in [2.45, 2.75) is 32.6 Å². The Balaban J connectivity index is 2.30. The first-order valence-electron chi connectivity index (χ1n) is 5.63. The van der Waals surface area contributed by atoms with Crippen LogP contribution in [0.25, 0.3) is 0 Å². The lowest BCUT2D eigenvalue weighted by atomic mass is 9.81. The van der Waals surface area contributed by atoms with Gasteiger partial charge in [-0.3, -0.25) is 4.79 Å². The molecule has 0 unspecified atom stereocenters. The molecule has 0 aliphatic heterocycles. The third-order valence-electron chi connectivity index (χ3n) is 3.52. The Bertz CT molecular complexity index is 422. The van der Waals surface area contributed by atoms with Crippen LogP contribution < -0.4 is 5.73 Å². The highest BCUT2D eigenvalue weighted by Gasteiger charge is 2.36. The van der Waals surface area contributed by atoms with Crippen molar-refractivity contribution in [1.29, 1.82) is 0 Å². The molecule has 3 heteroatoms. The number of Topliss-reactive ketones (excluding diaryl/α,β-unsaturated/α-hetero) is 1. The van der Waals surface area contributed by atoms with Crippen LogP contribution in [0, 0.1) is 5.41 Å². The number of ketones is 1. The maximum absolute atomic E-state index is 12.4. The van der Waals surface area contributed by atoms with Gasteiger partial charge in [-0.05, 0) is 47.0 Å². The van der Waals surface area contributed by atoms with Crippen molar-refractivity contribution in [3.8, 4) is 0 Å². The smallest absolute Gasteiger partial charge is 0.168 e. The highest BCUT2D eigenvalue weighted by Crippen LogP contribution is 2.40. The van der Waals surface area contributed by atoms with Crippen molar-refractivity contribution < 1.29 is 4.79 Å². The second-order valence-electron chi connectivity index (χ2n) is 4.83. The van der Waals surface area contributed by atoms with Crippen molar-refractivity contribution in [1.82, 2.24) is 0 Å². The van der Waals surface area contributed by atoms with E-state index in [1.54, 1.807) is 6.07 Å². The minimum absolute atomic E-state index is 0.157. The first-order chi connectivity index (χ1) is 7.53. The molecule has 86 valence electrons. The predicted octanol–water partition coefficient (Wildman–Crippen LogP) is 3.79. The van der Waals surface area contributed by atoms with E-state index >= 15 is 0 Å². The zero-order valence-corrected chi connectivity index (χ0v) is 11.0. The van der Waals surface area contributed by atoms with E-state index in [9.17, 15) is 4.79 Å². The summed E-state index contributed by atoms with van der Waals surface area (Å²) in [6.07, 6.45) is 4.35. The van der Waals surface area contributed by atoms with E-state index in [0.717, 1.165) is 22.9 Å². The molecule has 0 saturated heterocycles. The number of halogens is 1. The quantitative estimate of drug-likeness (QED) is 0.662. The number of carbonyl (C=O) groups excluding carboxylic acids is 1. The number of benzene rings is 1. The second kappa shape index (κ2) is 4.21. The summed E-state index contributed by atoms with van der Waals surface area (Å²) < 4.78 is 0.806. The lowest BCUT2D eigenvalue weighted by Gasteiger charge is -2.21. The van der Waals surface area contributed by atoms with E-state index in [1.165, 1.54) is 12.8 Å². The average molecular weight is 282 g/mol. The minimum atomic E-state index is -0.157. The number of carbonyl (C=O) groups is 1. The molecule has 0 bridgehead atoms. The largest absolute Gasteiger partial charge is 0.398 e. The van der Waals surface area contributed by atoms with Gasteiger partial charge in [0.25, 0.3) is 0 Å². The first-order valence-corrected chi connectivity index (χ1v) is 6.42. The van der Waals surface area contributed by atoms with Crippen LogP contribution in [0.1, 0.15) is 43.0 Å². The number of nitrogens with two attached hydrogens (primary N) is 1. The third-order valence-corrected chi connectivity index (χ3v) is 4.20. The van der Waals surface area contributed by atoms with Crippen molar-refractivity contribution in [2.24, 2.45) is 5.41 Å². The zero-order chi connectivity index (χ0) is 11.8. The minimum Gasteiger partial charge on any atom is -0.398 e. The molecule has 1 aromatic carbocycles. The van der Waals surface area contributed by atoms with Crippen molar-refractivity contribution in [3.05, 3.63) is 28.2 Å². The van der Waals surface area contributed by atoms with E-state index in [1.807, 2.05) is 12.1 Å². The second-order valence-corrected chi connectivity index (χ2v) is 5.69. The van der Waals surface area contributed by atoms with Gasteiger partial charge in [0.1, 0.15) is 0 Å². The van der Waals surface area contributed by atoms with Gasteiger partial charge in [0.2, 0.25) is 0 Å². The Labute approximate surface area is 104 Å². The van der Waals surface area contributed by atoms with E-state index in [0.29, 0.717) is 5.69 Å². The summed E-state index contributed by atoms with van der Waals surface area (Å²) in [4.78, 5) is 12.4. The summed E-state index contributed by atoms with van der Waals surface area (Å²) in [6.45, 7) is 2.08. The van der Waals surface area contributed by atoms with Crippen LogP contribution in [0.15, 0.2) is 22.7 Å². The molecule has 0 amide bonds. The highest BCUT2D eigenvalue weighted by atomic mass is 79.9.